The van der Waals surface area contributed by atoms with Crippen LogP contribution in [0.15, 0.2) is 12.3 Å². The normalized spacial score (nSPS) is 16.7. The van der Waals surface area contributed by atoms with E-state index < -0.39 is 0 Å². The third-order valence-corrected chi connectivity index (χ3v) is 3.01. The summed E-state index contributed by atoms with van der Waals surface area (Å²) in [5, 5.41) is 0.745. The van der Waals surface area contributed by atoms with Gasteiger partial charge in [-0.05, 0) is 44.5 Å². The summed E-state index contributed by atoms with van der Waals surface area (Å²) in [6.45, 7) is 5.70. The summed E-state index contributed by atoms with van der Waals surface area (Å²) in [6.07, 6.45) is 4.14. The number of rotatable bonds is 3. The van der Waals surface area contributed by atoms with E-state index in [-0.39, 0.29) is 0 Å². The number of hydrogen-bond acceptors (Lipinski definition) is 2. The van der Waals surface area contributed by atoms with E-state index in [1.54, 1.807) is 6.20 Å². The van der Waals surface area contributed by atoms with Crippen molar-refractivity contribution in [2.24, 2.45) is 0 Å². The van der Waals surface area contributed by atoms with Crippen LogP contribution in [0.4, 0.5) is 0 Å². The molecule has 1 aliphatic rings. The van der Waals surface area contributed by atoms with Gasteiger partial charge in [0.15, 0.2) is 0 Å². The average molecular weight is 211 g/mol. The Kier molecular flexibility index (Phi) is 3.04. The van der Waals surface area contributed by atoms with Crippen molar-refractivity contribution in [3.05, 3.63) is 28.5 Å². The number of aryl methyl sites for hydroxylation is 1. The molecule has 2 rings (SSSR count). The van der Waals surface area contributed by atoms with Gasteiger partial charge in [-0.3, -0.25) is 4.98 Å². The fourth-order valence-corrected chi connectivity index (χ4v) is 1.87. The van der Waals surface area contributed by atoms with E-state index in [9.17, 15) is 0 Å². The Balaban J connectivity index is 1.96. The molecular weight excluding hydrogens is 196 g/mol. The number of likely N-dealkylation sites (tertiary alicyclic amines) is 1. The van der Waals surface area contributed by atoms with Crippen molar-refractivity contribution in [3.63, 3.8) is 0 Å². The molecule has 2 heterocycles. The van der Waals surface area contributed by atoms with Crippen LogP contribution in [0.1, 0.15) is 17.7 Å². The smallest absolute Gasteiger partial charge is 0.0592 e. The Bertz CT molecular complexity index is 321. The summed E-state index contributed by atoms with van der Waals surface area (Å²) in [6, 6.07) is 2.03. The zero-order valence-corrected chi connectivity index (χ0v) is 9.22. The van der Waals surface area contributed by atoms with E-state index in [1.165, 1.54) is 25.1 Å². The maximum atomic E-state index is 5.90. The van der Waals surface area contributed by atoms with Crippen molar-refractivity contribution in [1.29, 1.82) is 0 Å². The number of hydrogen-bond donors (Lipinski definition) is 0. The van der Waals surface area contributed by atoms with Crippen molar-refractivity contribution < 1.29 is 0 Å². The molecule has 1 fully saturated rings. The van der Waals surface area contributed by atoms with E-state index in [1.807, 2.05) is 13.0 Å². The maximum absolute atomic E-state index is 5.90. The Hall–Kier alpha value is -0.600. The predicted octanol–water partition coefficient (Wildman–Crippen LogP) is 2.29. The summed E-state index contributed by atoms with van der Waals surface area (Å²) >= 11 is 5.90. The second kappa shape index (κ2) is 4.28. The molecule has 76 valence electrons. The molecule has 3 heteroatoms. The molecule has 1 aromatic rings. The standard InChI is InChI=1S/C11H15ClN2/c1-9-10(7-11(12)8-13-9)3-6-14-4-2-5-14/h7-8H,2-6H2,1H3. The van der Waals surface area contributed by atoms with Crippen LogP contribution in [0.5, 0.6) is 0 Å². The van der Waals surface area contributed by atoms with Crippen molar-refractivity contribution in [2.45, 2.75) is 19.8 Å². The van der Waals surface area contributed by atoms with Crippen molar-refractivity contribution in [2.75, 3.05) is 19.6 Å². The first-order chi connectivity index (χ1) is 6.75. The molecule has 0 atom stereocenters. The lowest BCUT2D eigenvalue weighted by Gasteiger charge is -2.30. The topological polar surface area (TPSA) is 16.1 Å². The minimum absolute atomic E-state index is 0.745. The largest absolute Gasteiger partial charge is 0.303 e. The van der Waals surface area contributed by atoms with Crippen LogP contribution in [0.25, 0.3) is 0 Å². The zero-order valence-electron chi connectivity index (χ0n) is 8.46. The molecule has 14 heavy (non-hydrogen) atoms. The molecule has 0 aromatic carbocycles. The van der Waals surface area contributed by atoms with Gasteiger partial charge in [-0.2, -0.15) is 0 Å². The van der Waals surface area contributed by atoms with E-state index in [0.29, 0.717) is 0 Å². The van der Waals surface area contributed by atoms with Gasteiger partial charge in [0.25, 0.3) is 0 Å². The molecule has 0 unspecified atom stereocenters. The van der Waals surface area contributed by atoms with Gasteiger partial charge in [0.1, 0.15) is 0 Å². The molecule has 1 aliphatic heterocycles. The van der Waals surface area contributed by atoms with Crippen molar-refractivity contribution in [1.82, 2.24) is 9.88 Å². The molecule has 1 saturated heterocycles. The minimum Gasteiger partial charge on any atom is -0.303 e. The molecule has 0 radical (unpaired) electrons. The second-order valence-corrected chi connectivity index (χ2v) is 4.28. The fourth-order valence-electron chi connectivity index (χ4n) is 1.69. The Morgan fingerprint density at radius 1 is 1.50 bits per heavy atom. The summed E-state index contributed by atoms with van der Waals surface area (Å²) < 4.78 is 0. The predicted molar refractivity (Wildman–Crippen MR) is 58.7 cm³/mol. The average Bonchev–Trinajstić information content (AvgIpc) is 2.08. The first kappa shape index (κ1) is 9.94. The molecule has 0 spiro atoms. The van der Waals surface area contributed by atoms with Gasteiger partial charge in [0.2, 0.25) is 0 Å². The first-order valence-electron chi connectivity index (χ1n) is 5.09. The molecule has 2 nitrogen and oxygen atoms in total. The Morgan fingerprint density at radius 2 is 2.29 bits per heavy atom. The van der Waals surface area contributed by atoms with Crippen LogP contribution < -0.4 is 0 Å². The van der Waals surface area contributed by atoms with Gasteiger partial charge < -0.3 is 4.90 Å². The highest BCUT2D eigenvalue weighted by atomic mass is 35.5. The summed E-state index contributed by atoms with van der Waals surface area (Å²) in [5.74, 6) is 0. The number of halogens is 1. The second-order valence-electron chi connectivity index (χ2n) is 3.84. The van der Waals surface area contributed by atoms with Crippen molar-refractivity contribution >= 4 is 11.6 Å². The molecule has 0 aliphatic carbocycles. The summed E-state index contributed by atoms with van der Waals surface area (Å²) in [4.78, 5) is 6.71. The Labute approximate surface area is 89.9 Å². The van der Waals surface area contributed by atoms with Crippen LogP contribution in [-0.2, 0) is 6.42 Å². The maximum Gasteiger partial charge on any atom is 0.0592 e. The minimum atomic E-state index is 0.745. The molecule has 0 saturated carbocycles. The highest BCUT2D eigenvalue weighted by molar-refractivity contribution is 6.30. The van der Waals surface area contributed by atoms with Gasteiger partial charge in [-0.1, -0.05) is 11.6 Å². The third-order valence-electron chi connectivity index (χ3n) is 2.80. The lowest BCUT2D eigenvalue weighted by molar-refractivity contribution is 0.184. The van der Waals surface area contributed by atoms with Crippen LogP contribution in [-0.4, -0.2) is 29.5 Å². The molecule has 1 aromatic heterocycles. The number of aromatic nitrogens is 1. The van der Waals surface area contributed by atoms with Crippen LogP contribution in [0.2, 0.25) is 5.02 Å². The summed E-state index contributed by atoms with van der Waals surface area (Å²) in [5.41, 5.74) is 2.39. The third kappa shape index (κ3) is 2.25. The fraction of sp³-hybridized carbons (Fsp3) is 0.545. The van der Waals surface area contributed by atoms with E-state index in [4.69, 9.17) is 11.6 Å². The number of pyridine rings is 1. The SMILES string of the molecule is Cc1ncc(Cl)cc1CCN1CCC1. The number of nitrogens with zero attached hydrogens (tertiary/aromatic N) is 2. The van der Waals surface area contributed by atoms with Gasteiger partial charge in [-0.25, -0.2) is 0 Å². The van der Waals surface area contributed by atoms with E-state index in [0.717, 1.165) is 23.7 Å². The van der Waals surface area contributed by atoms with Crippen molar-refractivity contribution in [3.8, 4) is 0 Å². The van der Waals surface area contributed by atoms with Gasteiger partial charge in [-0.15, -0.1) is 0 Å². The zero-order chi connectivity index (χ0) is 9.97. The van der Waals surface area contributed by atoms with Crippen LogP contribution >= 0.6 is 11.6 Å². The summed E-state index contributed by atoms with van der Waals surface area (Å²) in [7, 11) is 0. The monoisotopic (exact) mass is 210 g/mol. The quantitative estimate of drug-likeness (QED) is 0.761. The van der Waals surface area contributed by atoms with E-state index in [2.05, 4.69) is 9.88 Å². The van der Waals surface area contributed by atoms with Crippen LogP contribution in [0.3, 0.4) is 0 Å². The van der Waals surface area contributed by atoms with Gasteiger partial charge in [0.05, 0.1) is 5.02 Å². The van der Waals surface area contributed by atoms with Crippen LogP contribution in [0, 0.1) is 6.92 Å². The lowest BCUT2D eigenvalue weighted by atomic mass is 10.1. The van der Waals surface area contributed by atoms with E-state index >= 15 is 0 Å². The molecular formula is C11H15ClN2. The first-order valence-corrected chi connectivity index (χ1v) is 5.47. The molecule has 0 N–H and O–H groups in total. The van der Waals surface area contributed by atoms with Gasteiger partial charge in [0, 0.05) is 18.4 Å². The molecule has 0 amide bonds. The highest BCUT2D eigenvalue weighted by Crippen LogP contribution is 2.14. The lowest BCUT2D eigenvalue weighted by Crippen LogP contribution is -2.38. The highest BCUT2D eigenvalue weighted by Gasteiger charge is 2.13. The Morgan fingerprint density at radius 3 is 2.93 bits per heavy atom. The van der Waals surface area contributed by atoms with Gasteiger partial charge >= 0.3 is 0 Å². The molecule has 0 bridgehead atoms.